The molecule has 0 amide bonds. The number of nitrogens with one attached hydrogen (secondary N) is 1. The maximum absolute atomic E-state index is 13.3. The van der Waals surface area contributed by atoms with Crippen LogP contribution in [0.3, 0.4) is 0 Å². The van der Waals surface area contributed by atoms with Crippen molar-refractivity contribution in [2.24, 2.45) is 0 Å². The second kappa shape index (κ2) is 8.89. The molecule has 2 fully saturated rings. The van der Waals surface area contributed by atoms with Gasteiger partial charge in [-0.3, -0.25) is 4.57 Å². The zero-order valence-corrected chi connectivity index (χ0v) is 20.1. The van der Waals surface area contributed by atoms with Crippen molar-refractivity contribution < 1.29 is 46.5 Å². The number of sulfone groups is 1. The third-order valence-electron chi connectivity index (χ3n) is 5.76. The molecule has 1 saturated heterocycles. The molecule has 2 aromatic rings. The number of pyridine rings is 1. The van der Waals surface area contributed by atoms with E-state index >= 15 is 0 Å². The van der Waals surface area contributed by atoms with E-state index in [1.165, 1.54) is 16.8 Å². The number of aliphatic hydroxyl groups excluding tert-OH is 2. The molecule has 12 nitrogen and oxygen atoms in total. The Bertz CT molecular complexity index is 1350. The van der Waals surface area contributed by atoms with E-state index in [2.05, 4.69) is 10.3 Å². The fourth-order valence-corrected chi connectivity index (χ4v) is 7.68. The lowest BCUT2D eigenvalue weighted by atomic mass is 9.88. The summed E-state index contributed by atoms with van der Waals surface area (Å²) >= 11 is 6.15. The summed E-state index contributed by atoms with van der Waals surface area (Å²) in [6.07, 6.45) is -5.82. The van der Waals surface area contributed by atoms with Crippen LogP contribution >= 0.6 is 19.2 Å². The molecular weight excluding hydrogens is 537 g/mol. The van der Waals surface area contributed by atoms with Crippen molar-refractivity contribution in [3.05, 3.63) is 23.0 Å². The van der Waals surface area contributed by atoms with Crippen LogP contribution in [0.5, 0.6) is 0 Å². The van der Waals surface area contributed by atoms with Crippen LogP contribution in [0.15, 0.2) is 12.3 Å². The molecule has 0 bridgehead atoms. The zero-order valence-electron chi connectivity index (χ0n) is 17.6. The van der Waals surface area contributed by atoms with Crippen LogP contribution in [-0.2, 0) is 19.1 Å². The smallest absolute Gasteiger partial charge is 0.340 e. The minimum atomic E-state index is -4.91. The molecule has 4 atom stereocenters. The molecule has 3 heterocycles. The number of anilines is 1. The molecule has 0 spiro atoms. The van der Waals surface area contributed by atoms with Gasteiger partial charge in [0.1, 0.15) is 35.6 Å². The summed E-state index contributed by atoms with van der Waals surface area (Å²) in [4.78, 5) is 22.0. The van der Waals surface area contributed by atoms with Gasteiger partial charge in [-0.25, -0.2) is 22.2 Å². The molecule has 0 unspecified atom stereocenters. The second-order valence-corrected chi connectivity index (χ2v) is 13.1. The Balaban J connectivity index is 1.65. The van der Waals surface area contributed by atoms with Crippen molar-refractivity contribution >= 4 is 45.8 Å². The summed E-state index contributed by atoms with van der Waals surface area (Å²) in [5, 5.41) is 33.3. The van der Waals surface area contributed by atoms with Gasteiger partial charge in [0.25, 0.3) is 5.92 Å². The van der Waals surface area contributed by atoms with Crippen LogP contribution in [0.1, 0.15) is 24.6 Å². The number of fused-ring (bicyclic) bond motifs is 1. The number of hydrogen-bond acceptors (Lipinski definition) is 9. The van der Waals surface area contributed by atoms with Gasteiger partial charge in [0.2, 0.25) is 0 Å². The number of nitriles is 1. The number of aliphatic hydroxyl groups is 2. The largest absolute Gasteiger partial charge is 0.387 e. The molecule has 2 aliphatic rings. The van der Waals surface area contributed by atoms with Crippen LogP contribution in [0.2, 0.25) is 5.15 Å². The van der Waals surface area contributed by atoms with Gasteiger partial charge in [0.15, 0.2) is 26.7 Å². The molecule has 17 heteroatoms. The van der Waals surface area contributed by atoms with E-state index in [1.807, 2.05) is 6.07 Å². The van der Waals surface area contributed by atoms with Gasteiger partial charge in [-0.05, 0) is 6.07 Å². The number of halogens is 3. The standard InChI is InChI=1S/C18H20ClF2N4O8PS/c19-15-10(5-22)12(23-8-3-18(20,21)4-8)9-1-2-25(16(9)24-15)17-14(27)13(26)11(33-17)6-35(31,32)7-34(28,29)30/h1-2,8,11,13-14,17,26-27H,3-4,6-7H2,(H,23,24)(H2,28,29,30)/t11-,13-,14-,17-/m1/s1. The summed E-state index contributed by atoms with van der Waals surface area (Å²) < 4.78 is 68.7. The fourth-order valence-electron chi connectivity index (χ4n) is 4.22. The Morgan fingerprint density at radius 3 is 2.57 bits per heavy atom. The average Bonchev–Trinajstić information content (AvgIpc) is 3.20. The van der Waals surface area contributed by atoms with Gasteiger partial charge < -0.3 is 34.6 Å². The third-order valence-corrected chi connectivity index (χ3v) is 9.79. The molecule has 5 N–H and O–H groups in total. The molecule has 1 aliphatic heterocycles. The van der Waals surface area contributed by atoms with Crippen molar-refractivity contribution in [2.75, 3.05) is 16.6 Å². The molecule has 192 valence electrons. The number of hydrogen-bond donors (Lipinski definition) is 5. The van der Waals surface area contributed by atoms with Crippen molar-refractivity contribution in [1.82, 2.24) is 9.55 Å². The molecule has 0 aromatic carbocycles. The molecular formula is C18H20ClF2N4O8PS. The second-order valence-electron chi connectivity index (χ2n) is 8.58. The predicted octanol–water partition coefficient (Wildman–Crippen LogP) is 0.940. The van der Waals surface area contributed by atoms with Crippen molar-refractivity contribution in [3.8, 4) is 6.07 Å². The molecule has 4 rings (SSSR count). The maximum Gasteiger partial charge on any atom is 0.340 e. The topological polar surface area (TPSA) is 195 Å². The Hall–Kier alpha value is -1.89. The number of rotatable bonds is 7. The number of alkyl halides is 2. The number of ether oxygens (including phenoxy) is 1. The monoisotopic (exact) mass is 556 g/mol. The quantitative estimate of drug-likeness (QED) is 0.240. The van der Waals surface area contributed by atoms with Crippen molar-refractivity contribution in [3.63, 3.8) is 0 Å². The highest BCUT2D eigenvalue weighted by Crippen LogP contribution is 2.43. The highest BCUT2D eigenvalue weighted by atomic mass is 35.5. The Labute approximate surface area is 202 Å². The molecule has 0 radical (unpaired) electrons. The first kappa shape index (κ1) is 26.2. The van der Waals surface area contributed by atoms with E-state index in [0.717, 1.165) is 0 Å². The molecule has 2 aromatic heterocycles. The van der Waals surface area contributed by atoms with Gasteiger partial charge in [-0.1, -0.05) is 11.6 Å². The van der Waals surface area contributed by atoms with Crippen LogP contribution < -0.4 is 5.32 Å². The summed E-state index contributed by atoms with van der Waals surface area (Å²) in [7, 11) is -9.28. The maximum atomic E-state index is 13.3. The fraction of sp³-hybridized carbons (Fsp3) is 0.556. The van der Waals surface area contributed by atoms with E-state index in [1.54, 1.807) is 0 Å². The number of aromatic nitrogens is 2. The van der Waals surface area contributed by atoms with Gasteiger partial charge in [-0.15, -0.1) is 0 Å². The van der Waals surface area contributed by atoms with Crippen molar-refractivity contribution in [2.45, 2.75) is 49.3 Å². The van der Waals surface area contributed by atoms with Gasteiger partial charge in [-0.2, -0.15) is 5.26 Å². The van der Waals surface area contributed by atoms with Crippen LogP contribution in [0.25, 0.3) is 11.0 Å². The lowest BCUT2D eigenvalue weighted by Crippen LogP contribution is -2.44. The number of nitrogens with zero attached hydrogens (tertiary/aromatic N) is 3. The van der Waals surface area contributed by atoms with Gasteiger partial charge in [0.05, 0.1) is 11.4 Å². The summed E-state index contributed by atoms with van der Waals surface area (Å²) in [5.41, 5.74) is -1.34. The highest BCUT2D eigenvalue weighted by Gasteiger charge is 2.47. The van der Waals surface area contributed by atoms with Crippen LogP contribution in [0, 0.1) is 11.3 Å². The average molecular weight is 557 g/mol. The summed E-state index contributed by atoms with van der Waals surface area (Å²) in [5.74, 6) is -3.79. The first-order valence-electron chi connectivity index (χ1n) is 10.1. The first-order valence-corrected chi connectivity index (χ1v) is 14.1. The molecule has 1 saturated carbocycles. The van der Waals surface area contributed by atoms with Crippen LogP contribution in [0.4, 0.5) is 14.5 Å². The van der Waals surface area contributed by atoms with Gasteiger partial charge >= 0.3 is 7.60 Å². The Kier molecular flexibility index (Phi) is 6.65. The van der Waals surface area contributed by atoms with Crippen LogP contribution in [-0.4, -0.2) is 79.5 Å². The van der Waals surface area contributed by atoms with E-state index in [-0.39, 0.29) is 27.4 Å². The van der Waals surface area contributed by atoms with Gasteiger partial charge in [0, 0.05) is 30.5 Å². The normalized spacial score (nSPS) is 27.0. The van der Waals surface area contributed by atoms with E-state index in [0.29, 0.717) is 0 Å². The van der Waals surface area contributed by atoms with Crippen molar-refractivity contribution in [1.29, 1.82) is 5.26 Å². The summed E-state index contributed by atoms with van der Waals surface area (Å²) in [6, 6.07) is 2.70. The van der Waals surface area contributed by atoms with E-state index in [4.69, 9.17) is 26.1 Å². The van der Waals surface area contributed by atoms with E-state index < -0.39 is 78.0 Å². The highest BCUT2D eigenvalue weighted by molar-refractivity contribution is 7.97. The SMILES string of the molecule is N#Cc1c(Cl)nc2c(ccn2[C@@H]2O[C@H](CS(=O)(=O)CP(=O)(O)O)[C@@H](O)[C@H]2O)c1NC1CC(F)(F)C1. The van der Waals surface area contributed by atoms with E-state index in [9.17, 15) is 37.2 Å². The third kappa shape index (κ3) is 5.30. The first-order chi connectivity index (χ1) is 16.1. The minimum Gasteiger partial charge on any atom is -0.387 e. The zero-order chi connectivity index (χ0) is 25.9. The Morgan fingerprint density at radius 1 is 1.34 bits per heavy atom. The lowest BCUT2D eigenvalue weighted by molar-refractivity contribution is -0.0793. The minimum absolute atomic E-state index is 0.0533. The Morgan fingerprint density at radius 2 is 2.00 bits per heavy atom. The summed E-state index contributed by atoms with van der Waals surface area (Å²) in [6.45, 7) is 0. The molecule has 35 heavy (non-hydrogen) atoms. The molecule has 1 aliphatic carbocycles. The lowest BCUT2D eigenvalue weighted by Gasteiger charge is -2.36. The predicted molar refractivity (Wildman–Crippen MR) is 118 cm³/mol.